The van der Waals surface area contributed by atoms with E-state index in [4.69, 9.17) is 0 Å². The van der Waals surface area contributed by atoms with Gasteiger partial charge in [0.1, 0.15) is 5.82 Å². The van der Waals surface area contributed by atoms with Crippen molar-refractivity contribution in [3.05, 3.63) is 69.8 Å². The molecule has 1 amide bonds. The molecule has 0 aliphatic carbocycles. The molecule has 0 aliphatic rings. The third-order valence-electron chi connectivity index (χ3n) is 3.14. The van der Waals surface area contributed by atoms with E-state index in [0.717, 1.165) is 15.7 Å². The van der Waals surface area contributed by atoms with Crippen LogP contribution in [0.5, 0.6) is 0 Å². The SMILES string of the molecule is O=C(Cc1cccc(F)c1)Nc1nc(-c2ccc(Br)cc2)cs1. The molecule has 0 saturated heterocycles. The summed E-state index contributed by atoms with van der Waals surface area (Å²) in [5.41, 5.74) is 2.42. The number of hydrogen-bond donors (Lipinski definition) is 1. The number of anilines is 1. The fraction of sp³-hybridized carbons (Fsp3) is 0.0588. The quantitative estimate of drug-likeness (QED) is 0.688. The molecule has 23 heavy (non-hydrogen) atoms. The van der Waals surface area contributed by atoms with E-state index >= 15 is 0 Å². The summed E-state index contributed by atoms with van der Waals surface area (Å²) >= 11 is 4.75. The fourth-order valence-electron chi connectivity index (χ4n) is 2.08. The van der Waals surface area contributed by atoms with Crippen LogP contribution in [0.15, 0.2) is 58.4 Å². The van der Waals surface area contributed by atoms with Gasteiger partial charge >= 0.3 is 0 Å². The number of carbonyl (C=O) groups is 1. The van der Waals surface area contributed by atoms with E-state index in [9.17, 15) is 9.18 Å². The summed E-state index contributed by atoms with van der Waals surface area (Å²) in [6.45, 7) is 0. The Balaban J connectivity index is 1.66. The number of halogens is 2. The van der Waals surface area contributed by atoms with Crippen molar-refractivity contribution in [2.75, 3.05) is 5.32 Å². The number of thiazole rings is 1. The molecule has 0 saturated carbocycles. The smallest absolute Gasteiger partial charge is 0.230 e. The fourth-order valence-corrected chi connectivity index (χ4v) is 3.08. The number of carbonyl (C=O) groups excluding carboxylic acids is 1. The number of benzene rings is 2. The molecule has 0 bridgehead atoms. The van der Waals surface area contributed by atoms with E-state index in [1.807, 2.05) is 29.6 Å². The van der Waals surface area contributed by atoms with Crippen molar-refractivity contribution in [3.8, 4) is 11.3 Å². The highest BCUT2D eigenvalue weighted by Crippen LogP contribution is 2.26. The van der Waals surface area contributed by atoms with Crippen LogP contribution >= 0.6 is 27.3 Å². The summed E-state index contributed by atoms with van der Waals surface area (Å²) in [4.78, 5) is 16.4. The average Bonchev–Trinajstić information content (AvgIpc) is 2.96. The zero-order valence-electron chi connectivity index (χ0n) is 11.9. The number of nitrogens with one attached hydrogen (secondary N) is 1. The van der Waals surface area contributed by atoms with Crippen LogP contribution in [0.1, 0.15) is 5.56 Å². The molecule has 3 aromatic rings. The van der Waals surface area contributed by atoms with Gasteiger partial charge in [0.2, 0.25) is 5.91 Å². The minimum atomic E-state index is -0.345. The van der Waals surface area contributed by atoms with Crippen molar-refractivity contribution >= 4 is 38.3 Å². The third kappa shape index (κ3) is 4.24. The Labute approximate surface area is 145 Å². The second-order valence-corrected chi connectivity index (χ2v) is 6.67. The molecule has 0 fully saturated rings. The van der Waals surface area contributed by atoms with Gasteiger partial charge in [-0.15, -0.1) is 11.3 Å². The molecule has 0 spiro atoms. The third-order valence-corrected chi connectivity index (χ3v) is 4.43. The molecule has 1 N–H and O–H groups in total. The predicted molar refractivity (Wildman–Crippen MR) is 94.0 cm³/mol. The zero-order valence-corrected chi connectivity index (χ0v) is 14.3. The Morgan fingerprint density at radius 3 is 2.74 bits per heavy atom. The van der Waals surface area contributed by atoms with Crippen molar-refractivity contribution in [3.63, 3.8) is 0 Å². The number of rotatable bonds is 4. The number of hydrogen-bond acceptors (Lipinski definition) is 3. The first-order chi connectivity index (χ1) is 11.1. The Morgan fingerprint density at radius 1 is 1.22 bits per heavy atom. The maximum absolute atomic E-state index is 13.1. The Morgan fingerprint density at radius 2 is 2.00 bits per heavy atom. The van der Waals surface area contributed by atoms with Gasteiger partial charge in [0.05, 0.1) is 12.1 Å². The van der Waals surface area contributed by atoms with Crippen LogP contribution in [0.4, 0.5) is 9.52 Å². The van der Waals surface area contributed by atoms with Crippen LogP contribution in [0.25, 0.3) is 11.3 Å². The lowest BCUT2D eigenvalue weighted by Gasteiger charge is -2.02. The highest BCUT2D eigenvalue weighted by atomic mass is 79.9. The van der Waals surface area contributed by atoms with Crippen LogP contribution in [-0.4, -0.2) is 10.9 Å². The molecule has 0 unspecified atom stereocenters. The van der Waals surface area contributed by atoms with Gasteiger partial charge in [-0.05, 0) is 29.8 Å². The lowest BCUT2D eigenvalue weighted by molar-refractivity contribution is -0.115. The van der Waals surface area contributed by atoms with Crippen molar-refractivity contribution in [2.24, 2.45) is 0 Å². The average molecular weight is 391 g/mol. The lowest BCUT2D eigenvalue weighted by Crippen LogP contribution is -2.14. The van der Waals surface area contributed by atoms with Gasteiger partial charge in [0.25, 0.3) is 0 Å². The first-order valence-corrected chi connectivity index (χ1v) is 8.53. The topological polar surface area (TPSA) is 42.0 Å². The standard InChI is InChI=1S/C17H12BrFN2OS/c18-13-6-4-12(5-7-13)15-10-23-17(20-15)21-16(22)9-11-2-1-3-14(19)8-11/h1-8,10H,9H2,(H,20,21,22). The first kappa shape index (κ1) is 15.8. The summed E-state index contributed by atoms with van der Waals surface area (Å²) < 4.78 is 14.1. The molecule has 3 rings (SSSR count). The lowest BCUT2D eigenvalue weighted by atomic mass is 10.1. The summed E-state index contributed by atoms with van der Waals surface area (Å²) in [6, 6.07) is 13.8. The van der Waals surface area contributed by atoms with Crippen LogP contribution in [0.3, 0.4) is 0 Å². The molecule has 1 aromatic heterocycles. The molecular weight excluding hydrogens is 379 g/mol. The Hall–Kier alpha value is -2.05. The van der Waals surface area contributed by atoms with Crippen LogP contribution in [0, 0.1) is 5.82 Å². The highest BCUT2D eigenvalue weighted by Gasteiger charge is 2.09. The Bertz CT molecular complexity index is 833. The van der Waals surface area contributed by atoms with Crippen LogP contribution in [0.2, 0.25) is 0 Å². The molecule has 0 radical (unpaired) electrons. The number of amides is 1. The van der Waals surface area contributed by atoms with Crippen molar-refractivity contribution in [2.45, 2.75) is 6.42 Å². The molecular formula is C17H12BrFN2OS. The van der Waals surface area contributed by atoms with Gasteiger partial charge in [-0.2, -0.15) is 0 Å². The van der Waals surface area contributed by atoms with Crippen LogP contribution in [-0.2, 0) is 11.2 Å². The van der Waals surface area contributed by atoms with Gasteiger partial charge in [0, 0.05) is 15.4 Å². The molecule has 1 heterocycles. The predicted octanol–water partition coefficient (Wildman–Crippen LogP) is 4.89. The maximum Gasteiger partial charge on any atom is 0.230 e. The van der Waals surface area contributed by atoms with E-state index in [1.54, 1.807) is 12.1 Å². The molecule has 0 atom stereocenters. The Kier molecular flexibility index (Phi) is 4.83. The second-order valence-electron chi connectivity index (χ2n) is 4.90. The molecule has 0 aliphatic heterocycles. The second kappa shape index (κ2) is 7.02. The normalized spacial score (nSPS) is 10.5. The summed E-state index contributed by atoms with van der Waals surface area (Å²) in [5, 5.41) is 5.17. The minimum Gasteiger partial charge on any atom is -0.302 e. The maximum atomic E-state index is 13.1. The highest BCUT2D eigenvalue weighted by molar-refractivity contribution is 9.10. The molecule has 3 nitrogen and oxygen atoms in total. The van der Waals surface area contributed by atoms with E-state index in [2.05, 4.69) is 26.2 Å². The largest absolute Gasteiger partial charge is 0.302 e. The monoisotopic (exact) mass is 390 g/mol. The molecule has 6 heteroatoms. The number of aromatic nitrogens is 1. The first-order valence-electron chi connectivity index (χ1n) is 6.86. The minimum absolute atomic E-state index is 0.116. The zero-order chi connectivity index (χ0) is 16.2. The van der Waals surface area contributed by atoms with Gasteiger partial charge in [-0.3, -0.25) is 4.79 Å². The van der Waals surface area contributed by atoms with Gasteiger partial charge in [-0.1, -0.05) is 40.2 Å². The number of nitrogens with zero attached hydrogens (tertiary/aromatic N) is 1. The van der Waals surface area contributed by atoms with E-state index < -0.39 is 0 Å². The van der Waals surface area contributed by atoms with E-state index in [-0.39, 0.29) is 18.1 Å². The summed E-state index contributed by atoms with van der Waals surface area (Å²) in [5.74, 6) is -0.561. The molecule has 116 valence electrons. The van der Waals surface area contributed by atoms with Crippen LogP contribution < -0.4 is 5.32 Å². The van der Waals surface area contributed by atoms with Gasteiger partial charge in [0.15, 0.2) is 5.13 Å². The van der Waals surface area contributed by atoms with Gasteiger partial charge < -0.3 is 5.32 Å². The van der Waals surface area contributed by atoms with E-state index in [1.165, 1.54) is 23.5 Å². The van der Waals surface area contributed by atoms with Crippen molar-refractivity contribution in [1.29, 1.82) is 0 Å². The van der Waals surface area contributed by atoms with Gasteiger partial charge in [-0.25, -0.2) is 9.37 Å². The van der Waals surface area contributed by atoms with E-state index in [0.29, 0.717) is 10.7 Å². The molecule has 2 aromatic carbocycles. The van der Waals surface area contributed by atoms with Crippen molar-refractivity contribution in [1.82, 2.24) is 4.98 Å². The summed E-state index contributed by atoms with van der Waals surface area (Å²) in [7, 11) is 0. The summed E-state index contributed by atoms with van der Waals surface area (Å²) in [6.07, 6.45) is 0.116. The van der Waals surface area contributed by atoms with Crippen molar-refractivity contribution < 1.29 is 9.18 Å².